The van der Waals surface area contributed by atoms with Crippen molar-refractivity contribution >= 4 is 5.95 Å². The lowest BCUT2D eigenvalue weighted by Crippen LogP contribution is -2.04. The van der Waals surface area contributed by atoms with Gasteiger partial charge in [0, 0.05) is 6.54 Å². The first-order valence-electron chi connectivity index (χ1n) is 6.82. The molecular weight excluding hydrogens is 257 g/mol. The van der Waals surface area contributed by atoms with Gasteiger partial charge in [-0.05, 0) is 49.4 Å². The molecule has 4 nitrogen and oxygen atoms in total. The third kappa shape index (κ3) is 2.57. The number of nitrogens with zero attached hydrogens (tertiary/aromatic N) is 2. The summed E-state index contributed by atoms with van der Waals surface area (Å²) in [5.74, 6) is 0.372. The van der Waals surface area contributed by atoms with E-state index >= 15 is 0 Å². The summed E-state index contributed by atoms with van der Waals surface area (Å²) in [6, 6.07) is 5.87. The molecule has 1 aliphatic rings. The van der Waals surface area contributed by atoms with Gasteiger partial charge in [-0.1, -0.05) is 6.07 Å². The fraction of sp³-hybridized carbons (Fsp3) is 0.333. The predicted molar refractivity (Wildman–Crippen MR) is 74.7 cm³/mol. The van der Waals surface area contributed by atoms with Gasteiger partial charge in [-0.2, -0.15) is 9.37 Å². The van der Waals surface area contributed by atoms with Crippen LogP contribution in [0.1, 0.15) is 24.5 Å². The first-order valence-corrected chi connectivity index (χ1v) is 6.82. The highest BCUT2D eigenvalue weighted by atomic mass is 19.1. The number of halogens is 1. The number of rotatable bonds is 4. The Morgan fingerprint density at radius 3 is 3.00 bits per heavy atom. The first-order chi connectivity index (χ1) is 9.76. The summed E-state index contributed by atoms with van der Waals surface area (Å²) in [6.45, 7) is 2.59. The van der Waals surface area contributed by atoms with Crippen molar-refractivity contribution in [3.05, 3.63) is 41.3 Å². The fourth-order valence-electron chi connectivity index (χ4n) is 2.39. The smallest absolute Gasteiger partial charge is 0.260 e. The molecular formula is C15H16FN3O. The molecule has 0 radical (unpaired) electrons. The summed E-state index contributed by atoms with van der Waals surface area (Å²) >= 11 is 0. The van der Waals surface area contributed by atoms with Crippen LogP contribution in [0.4, 0.5) is 10.3 Å². The molecule has 1 aromatic heterocycles. The zero-order valence-electron chi connectivity index (χ0n) is 11.3. The van der Waals surface area contributed by atoms with Crippen LogP contribution in [0, 0.1) is 5.82 Å². The highest BCUT2D eigenvalue weighted by Gasteiger charge is 2.13. The number of anilines is 1. The molecule has 0 saturated heterocycles. The number of nitrogens with one attached hydrogen (secondary N) is 1. The van der Waals surface area contributed by atoms with Gasteiger partial charge in [-0.25, -0.2) is 4.98 Å². The van der Waals surface area contributed by atoms with Crippen molar-refractivity contribution in [3.63, 3.8) is 0 Å². The monoisotopic (exact) mass is 273 g/mol. The van der Waals surface area contributed by atoms with Gasteiger partial charge < -0.3 is 10.1 Å². The molecule has 20 heavy (non-hydrogen) atoms. The molecule has 1 aromatic carbocycles. The summed E-state index contributed by atoms with van der Waals surface area (Å²) in [6.07, 6.45) is 4.46. The Morgan fingerprint density at radius 1 is 1.30 bits per heavy atom. The maximum Gasteiger partial charge on any atom is 0.260 e. The van der Waals surface area contributed by atoms with Crippen LogP contribution in [-0.4, -0.2) is 16.5 Å². The first kappa shape index (κ1) is 12.8. The summed E-state index contributed by atoms with van der Waals surface area (Å²) in [5, 5.41) is 2.93. The Bertz CT molecular complexity index is 631. The second kappa shape index (κ2) is 5.45. The average Bonchev–Trinajstić information content (AvgIpc) is 2.90. The number of hydrogen-bond donors (Lipinski definition) is 1. The Morgan fingerprint density at radius 2 is 2.15 bits per heavy atom. The average molecular weight is 273 g/mol. The quantitative estimate of drug-likeness (QED) is 0.928. The second-order valence-corrected chi connectivity index (χ2v) is 4.76. The van der Waals surface area contributed by atoms with E-state index in [0.29, 0.717) is 18.2 Å². The van der Waals surface area contributed by atoms with E-state index in [4.69, 9.17) is 4.74 Å². The van der Waals surface area contributed by atoms with Gasteiger partial charge in [-0.3, -0.25) is 0 Å². The van der Waals surface area contributed by atoms with Crippen molar-refractivity contribution in [2.45, 2.75) is 26.2 Å². The minimum atomic E-state index is -0.563. The van der Waals surface area contributed by atoms with Crippen LogP contribution in [0.3, 0.4) is 0 Å². The van der Waals surface area contributed by atoms with Gasteiger partial charge in [0.15, 0.2) is 0 Å². The highest BCUT2D eigenvalue weighted by Crippen LogP contribution is 2.29. The molecule has 3 rings (SSSR count). The van der Waals surface area contributed by atoms with Crippen LogP contribution in [0.2, 0.25) is 0 Å². The van der Waals surface area contributed by atoms with E-state index in [0.717, 1.165) is 19.0 Å². The standard InChI is InChI=1S/C15H16FN3O/c1-2-17-15-18-9-13(16)14(19-15)20-12-7-6-10-4-3-5-11(10)8-12/h6-9H,2-5H2,1H3,(H,17,18,19). The Labute approximate surface area is 117 Å². The number of ether oxygens (including phenoxy) is 1. The molecule has 1 heterocycles. The number of aromatic nitrogens is 2. The van der Waals surface area contributed by atoms with Crippen molar-refractivity contribution < 1.29 is 9.13 Å². The molecule has 2 aromatic rings. The molecule has 0 fully saturated rings. The Hall–Kier alpha value is -2.17. The van der Waals surface area contributed by atoms with Crippen LogP contribution in [0.25, 0.3) is 0 Å². The van der Waals surface area contributed by atoms with E-state index in [-0.39, 0.29) is 5.88 Å². The maximum absolute atomic E-state index is 13.7. The van der Waals surface area contributed by atoms with E-state index in [1.54, 1.807) is 0 Å². The topological polar surface area (TPSA) is 47.0 Å². The SMILES string of the molecule is CCNc1ncc(F)c(Oc2ccc3c(c2)CCC3)n1. The van der Waals surface area contributed by atoms with E-state index in [1.165, 1.54) is 17.5 Å². The number of aryl methyl sites for hydroxylation is 2. The number of benzene rings is 1. The lowest BCUT2D eigenvalue weighted by molar-refractivity contribution is 0.420. The van der Waals surface area contributed by atoms with Gasteiger partial charge in [0.2, 0.25) is 11.8 Å². The van der Waals surface area contributed by atoms with Crippen molar-refractivity contribution in [1.29, 1.82) is 0 Å². The lowest BCUT2D eigenvalue weighted by Gasteiger charge is -2.09. The molecule has 0 amide bonds. The molecule has 1 N–H and O–H groups in total. The maximum atomic E-state index is 13.7. The van der Waals surface area contributed by atoms with Gasteiger partial charge in [0.05, 0.1) is 6.20 Å². The van der Waals surface area contributed by atoms with E-state index in [9.17, 15) is 4.39 Å². The normalized spacial score (nSPS) is 13.1. The summed E-state index contributed by atoms with van der Waals surface area (Å²) in [7, 11) is 0. The summed E-state index contributed by atoms with van der Waals surface area (Å²) in [4.78, 5) is 7.88. The van der Waals surface area contributed by atoms with Crippen LogP contribution in [0.15, 0.2) is 24.4 Å². The van der Waals surface area contributed by atoms with Crippen LogP contribution >= 0.6 is 0 Å². The molecule has 0 saturated carbocycles. The summed E-state index contributed by atoms with van der Waals surface area (Å²) in [5.41, 5.74) is 2.64. The lowest BCUT2D eigenvalue weighted by atomic mass is 10.1. The fourth-order valence-corrected chi connectivity index (χ4v) is 2.39. The molecule has 104 valence electrons. The minimum Gasteiger partial charge on any atom is -0.436 e. The van der Waals surface area contributed by atoms with Crippen molar-refractivity contribution in [2.24, 2.45) is 0 Å². The van der Waals surface area contributed by atoms with Crippen molar-refractivity contribution in [2.75, 3.05) is 11.9 Å². The van der Waals surface area contributed by atoms with Gasteiger partial charge >= 0.3 is 0 Å². The number of hydrogen-bond acceptors (Lipinski definition) is 4. The minimum absolute atomic E-state index is 0.0473. The molecule has 5 heteroatoms. The molecule has 0 atom stereocenters. The largest absolute Gasteiger partial charge is 0.436 e. The molecule has 1 aliphatic carbocycles. The molecule has 0 spiro atoms. The Balaban J connectivity index is 1.85. The van der Waals surface area contributed by atoms with E-state index < -0.39 is 5.82 Å². The van der Waals surface area contributed by atoms with Crippen LogP contribution < -0.4 is 10.1 Å². The van der Waals surface area contributed by atoms with Gasteiger partial charge in [0.1, 0.15) is 5.75 Å². The second-order valence-electron chi connectivity index (χ2n) is 4.76. The van der Waals surface area contributed by atoms with E-state index in [1.807, 2.05) is 25.1 Å². The van der Waals surface area contributed by atoms with Crippen LogP contribution in [-0.2, 0) is 12.8 Å². The Kier molecular flexibility index (Phi) is 3.50. The van der Waals surface area contributed by atoms with Crippen molar-refractivity contribution in [1.82, 2.24) is 9.97 Å². The number of fused-ring (bicyclic) bond motifs is 1. The zero-order chi connectivity index (χ0) is 13.9. The third-order valence-corrected chi connectivity index (χ3v) is 3.33. The van der Waals surface area contributed by atoms with Crippen molar-refractivity contribution in [3.8, 4) is 11.6 Å². The van der Waals surface area contributed by atoms with Gasteiger partial charge in [-0.15, -0.1) is 0 Å². The molecule has 0 aliphatic heterocycles. The third-order valence-electron chi connectivity index (χ3n) is 3.33. The summed E-state index contributed by atoms with van der Waals surface area (Å²) < 4.78 is 19.2. The predicted octanol–water partition coefficient (Wildman–Crippen LogP) is 3.33. The highest BCUT2D eigenvalue weighted by molar-refractivity contribution is 5.40. The zero-order valence-corrected chi connectivity index (χ0v) is 11.3. The molecule has 0 unspecified atom stereocenters. The van der Waals surface area contributed by atoms with Gasteiger partial charge in [0.25, 0.3) is 5.88 Å². The molecule has 0 bridgehead atoms. The van der Waals surface area contributed by atoms with Crippen LogP contribution in [0.5, 0.6) is 11.6 Å². The van der Waals surface area contributed by atoms with E-state index in [2.05, 4.69) is 15.3 Å².